The highest BCUT2D eigenvalue weighted by molar-refractivity contribution is 5.34. The molecule has 4 heteroatoms. The van der Waals surface area contributed by atoms with E-state index in [1.54, 1.807) is 0 Å². The van der Waals surface area contributed by atoms with Gasteiger partial charge in [0.05, 0.1) is 12.2 Å². The van der Waals surface area contributed by atoms with E-state index in [9.17, 15) is 0 Å². The largest absolute Gasteiger partial charge is 0.324 e. The van der Waals surface area contributed by atoms with E-state index in [1.807, 2.05) is 0 Å². The summed E-state index contributed by atoms with van der Waals surface area (Å²) in [6.07, 6.45) is 10.2. The number of nitrogens with two attached hydrogens (primary N) is 1. The van der Waals surface area contributed by atoms with Crippen molar-refractivity contribution in [2.45, 2.75) is 69.9 Å². The van der Waals surface area contributed by atoms with Gasteiger partial charge in [-0.25, -0.2) is 0 Å². The molecule has 1 aromatic heterocycles. The fourth-order valence-electron chi connectivity index (χ4n) is 3.99. The lowest BCUT2D eigenvalue weighted by atomic mass is 9.81. The predicted molar refractivity (Wildman–Crippen MR) is 86.5 cm³/mol. The van der Waals surface area contributed by atoms with E-state index in [2.05, 4.69) is 23.7 Å². The lowest BCUT2D eigenvalue weighted by Gasteiger charge is -2.25. The van der Waals surface area contributed by atoms with E-state index in [-0.39, 0.29) is 6.04 Å². The first-order valence-electron chi connectivity index (χ1n) is 8.66. The molecule has 21 heavy (non-hydrogen) atoms. The Labute approximate surface area is 128 Å². The summed E-state index contributed by atoms with van der Waals surface area (Å²) >= 11 is 0. The monoisotopic (exact) mass is 290 g/mol. The maximum Gasteiger partial charge on any atom is 0.0706 e. The van der Waals surface area contributed by atoms with Gasteiger partial charge in [0.2, 0.25) is 0 Å². The zero-order valence-electron chi connectivity index (χ0n) is 13.6. The molecule has 0 aromatic carbocycles. The van der Waals surface area contributed by atoms with Crippen LogP contribution in [0.2, 0.25) is 0 Å². The van der Waals surface area contributed by atoms with Gasteiger partial charge in [-0.2, -0.15) is 5.10 Å². The molecule has 1 aromatic rings. The summed E-state index contributed by atoms with van der Waals surface area (Å²) in [5, 5.41) is 5.05. The minimum atomic E-state index is 0.221. The molecule has 1 fully saturated rings. The molecule has 3 rings (SSSR count). The van der Waals surface area contributed by atoms with Gasteiger partial charge in [0.15, 0.2) is 0 Å². The van der Waals surface area contributed by atoms with Crippen LogP contribution in [0.1, 0.15) is 73.9 Å². The molecule has 0 saturated heterocycles. The van der Waals surface area contributed by atoms with Gasteiger partial charge in [0, 0.05) is 29.8 Å². The van der Waals surface area contributed by atoms with Crippen LogP contribution in [0.15, 0.2) is 0 Å². The van der Waals surface area contributed by atoms with E-state index in [1.165, 1.54) is 55.5 Å². The van der Waals surface area contributed by atoms with Crippen molar-refractivity contribution in [3.63, 3.8) is 0 Å². The number of hydrogen-bond acceptors (Lipinski definition) is 3. The van der Waals surface area contributed by atoms with Gasteiger partial charge in [-0.3, -0.25) is 4.68 Å². The fourth-order valence-corrected chi connectivity index (χ4v) is 3.99. The van der Waals surface area contributed by atoms with Crippen molar-refractivity contribution in [1.29, 1.82) is 0 Å². The first-order valence-corrected chi connectivity index (χ1v) is 8.66. The standard InChI is InChI=1S/C17H30N4/c1-20(2)11-12-21-15-10-6-9-14(18)16(15)17(19-21)13-7-4-3-5-8-13/h13-14H,3-12,18H2,1-2H3. The van der Waals surface area contributed by atoms with Gasteiger partial charge in [-0.15, -0.1) is 0 Å². The van der Waals surface area contributed by atoms with Crippen LogP contribution in [0.4, 0.5) is 0 Å². The number of aromatic nitrogens is 2. The molecular formula is C17H30N4. The lowest BCUT2D eigenvalue weighted by Crippen LogP contribution is -2.23. The highest BCUT2D eigenvalue weighted by Crippen LogP contribution is 2.39. The quantitative estimate of drug-likeness (QED) is 0.927. The first-order chi connectivity index (χ1) is 10.2. The molecule has 2 aliphatic carbocycles. The molecule has 0 aliphatic heterocycles. The third kappa shape index (κ3) is 3.16. The highest BCUT2D eigenvalue weighted by Gasteiger charge is 2.30. The van der Waals surface area contributed by atoms with Gasteiger partial charge in [0.1, 0.15) is 0 Å². The zero-order chi connectivity index (χ0) is 14.8. The fraction of sp³-hybridized carbons (Fsp3) is 0.824. The Morgan fingerprint density at radius 3 is 2.62 bits per heavy atom. The molecule has 1 heterocycles. The third-order valence-electron chi connectivity index (χ3n) is 5.18. The average Bonchev–Trinajstić information content (AvgIpc) is 2.86. The normalized spacial score (nSPS) is 23.5. The first kappa shape index (κ1) is 15.0. The van der Waals surface area contributed by atoms with Gasteiger partial charge < -0.3 is 10.6 Å². The van der Waals surface area contributed by atoms with Gasteiger partial charge >= 0.3 is 0 Å². The zero-order valence-corrected chi connectivity index (χ0v) is 13.6. The minimum Gasteiger partial charge on any atom is -0.324 e. The molecule has 0 spiro atoms. The van der Waals surface area contributed by atoms with Gasteiger partial charge in [-0.05, 0) is 46.2 Å². The van der Waals surface area contributed by atoms with Crippen LogP contribution >= 0.6 is 0 Å². The van der Waals surface area contributed by atoms with Crippen LogP contribution in [0.3, 0.4) is 0 Å². The van der Waals surface area contributed by atoms with Crippen LogP contribution in [-0.2, 0) is 13.0 Å². The molecule has 4 nitrogen and oxygen atoms in total. The Balaban J connectivity index is 1.91. The smallest absolute Gasteiger partial charge is 0.0706 e. The number of nitrogens with zero attached hydrogens (tertiary/aromatic N) is 3. The Kier molecular flexibility index (Phi) is 4.65. The maximum atomic E-state index is 6.46. The van der Waals surface area contributed by atoms with Crippen molar-refractivity contribution in [2.75, 3.05) is 20.6 Å². The van der Waals surface area contributed by atoms with Gasteiger partial charge in [-0.1, -0.05) is 19.3 Å². The van der Waals surface area contributed by atoms with Crippen LogP contribution in [-0.4, -0.2) is 35.3 Å². The number of likely N-dealkylation sites (N-methyl/N-ethyl adjacent to an activating group) is 1. The molecule has 1 saturated carbocycles. The van der Waals surface area contributed by atoms with Crippen LogP contribution in [0, 0.1) is 0 Å². The Bertz CT molecular complexity index is 471. The van der Waals surface area contributed by atoms with Crippen molar-refractivity contribution in [3.05, 3.63) is 17.0 Å². The van der Waals surface area contributed by atoms with Gasteiger partial charge in [0.25, 0.3) is 0 Å². The van der Waals surface area contributed by atoms with E-state index in [4.69, 9.17) is 10.8 Å². The van der Waals surface area contributed by atoms with Crippen molar-refractivity contribution in [3.8, 4) is 0 Å². The van der Waals surface area contributed by atoms with Crippen molar-refractivity contribution < 1.29 is 0 Å². The summed E-state index contributed by atoms with van der Waals surface area (Å²) < 4.78 is 2.28. The summed E-state index contributed by atoms with van der Waals surface area (Å²) in [6, 6.07) is 0.221. The van der Waals surface area contributed by atoms with Crippen LogP contribution in [0.25, 0.3) is 0 Å². The van der Waals surface area contributed by atoms with E-state index in [0.29, 0.717) is 5.92 Å². The summed E-state index contributed by atoms with van der Waals surface area (Å²) in [5.74, 6) is 0.664. The molecule has 0 radical (unpaired) electrons. The highest BCUT2D eigenvalue weighted by atomic mass is 15.3. The summed E-state index contributed by atoms with van der Waals surface area (Å²) in [4.78, 5) is 2.23. The second-order valence-corrected chi connectivity index (χ2v) is 7.11. The van der Waals surface area contributed by atoms with E-state index >= 15 is 0 Å². The van der Waals surface area contributed by atoms with Crippen molar-refractivity contribution >= 4 is 0 Å². The third-order valence-corrected chi connectivity index (χ3v) is 5.18. The Morgan fingerprint density at radius 2 is 1.90 bits per heavy atom. The molecule has 1 unspecified atom stereocenters. The van der Waals surface area contributed by atoms with E-state index < -0.39 is 0 Å². The molecule has 118 valence electrons. The molecule has 0 amide bonds. The Hall–Kier alpha value is -0.870. The van der Waals surface area contributed by atoms with Crippen molar-refractivity contribution in [1.82, 2.24) is 14.7 Å². The number of hydrogen-bond donors (Lipinski definition) is 1. The van der Waals surface area contributed by atoms with Crippen molar-refractivity contribution in [2.24, 2.45) is 5.73 Å². The molecule has 1 atom stereocenters. The predicted octanol–water partition coefficient (Wildman–Crippen LogP) is 2.83. The second kappa shape index (κ2) is 6.49. The number of fused-ring (bicyclic) bond motifs is 1. The molecular weight excluding hydrogens is 260 g/mol. The summed E-state index contributed by atoms with van der Waals surface area (Å²) in [6.45, 7) is 2.04. The van der Waals surface area contributed by atoms with Crippen LogP contribution < -0.4 is 5.73 Å². The maximum absolute atomic E-state index is 6.46. The van der Waals surface area contributed by atoms with Crippen LogP contribution in [0.5, 0.6) is 0 Å². The number of rotatable bonds is 4. The second-order valence-electron chi connectivity index (χ2n) is 7.11. The molecule has 2 N–H and O–H groups in total. The van der Waals surface area contributed by atoms with E-state index in [0.717, 1.165) is 25.9 Å². The minimum absolute atomic E-state index is 0.221. The topological polar surface area (TPSA) is 47.1 Å². The SMILES string of the molecule is CN(C)CCn1nc(C2CCCCC2)c2c1CCCC2N. The lowest BCUT2D eigenvalue weighted by molar-refractivity contribution is 0.364. The summed E-state index contributed by atoms with van der Waals surface area (Å²) in [5.41, 5.74) is 10.7. The molecule has 2 aliphatic rings. The Morgan fingerprint density at radius 1 is 1.14 bits per heavy atom. The summed E-state index contributed by atoms with van der Waals surface area (Å²) in [7, 11) is 4.26. The molecule has 0 bridgehead atoms. The average molecular weight is 290 g/mol.